The van der Waals surface area contributed by atoms with Crippen LogP contribution in [0.5, 0.6) is 0 Å². The molecule has 0 aromatic heterocycles. The summed E-state index contributed by atoms with van der Waals surface area (Å²) in [7, 11) is 0. The lowest BCUT2D eigenvalue weighted by Gasteiger charge is -2.03. The van der Waals surface area contributed by atoms with Gasteiger partial charge < -0.3 is 5.32 Å². The van der Waals surface area contributed by atoms with Gasteiger partial charge in [0.25, 0.3) is 0 Å². The second-order valence-electron chi connectivity index (χ2n) is 7.57. The Balaban J connectivity index is 0.000000735. The van der Waals surface area contributed by atoms with Gasteiger partial charge in [0.05, 0.1) is 0 Å². The molecule has 1 nitrogen and oxygen atoms in total. The quantitative estimate of drug-likeness (QED) is 0.271. The van der Waals surface area contributed by atoms with E-state index in [1.165, 1.54) is 109 Å². The molecule has 1 aliphatic rings. The summed E-state index contributed by atoms with van der Waals surface area (Å²) in [5.74, 6) is 0. The molecule has 0 saturated heterocycles. The van der Waals surface area contributed by atoms with Gasteiger partial charge in [-0.1, -0.05) is 135 Å². The molecule has 0 unspecified atom stereocenters. The van der Waals surface area contributed by atoms with Crippen LogP contribution >= 0.6 is 0 Å². The van der Waals surface area contributed by atoms with Crippen LogP contribution in [0.25, 0.3) is 0 Å². The normalized spacial score (nSPS) is 12.4. The summed E-state index contributed by atoms with van der Waals surface area (Å²) in [6.07, 6.45) is 36.5. The zero-order valence-electron chi connectivity index (χ0n) is 18.0. The van der Waals surface area contributed by atoms with Crippen molar-refractivity contribution in [2.45, 2.75) is 123 Å². The average Bonchev–Trinajstić information content (AvgIpc) is 2.98. The molecule has 1 N–H and O–H groups in total. The molecule has 0 saturated carbocycles. The number of nitrogens with one attached hydrogen (secondary N) is 1. The first-order chi connectivity index (χ1) is 12.9. The predicted molar refractivity (Wildman–Crippen MR) is 120 cm³/mol. The maximum absolute atomic E-state index is 2.92. The van der Waals surface area contributed by atoms with Gasteiger partial charge in [0.2, 0.25) is 0 Å². The third-order valence-corrected chi connectivity index (χ3v) is 4.93. The summed E-state index contributed by atoms with van der Waals surface area (Å²) >= 11 is 0. The van der Waals surface area contributed by atoms with E-state index in [2.05, 4.69) is 19.2 Å². The zero-order chi connectivity index (χ0) is 19.0. The Morgan fingerprint density at radius 3 is 0.923 bits per heavy atom. The molecular formula is C25H47N. The lowest BCUT2D eigenvalue weighted by molar-refractivity contribution is 0.529. The highest BCUT2D eigenvalue weighted by molar-refractivity contribution is 5.14. The molecule has 0 aromatic rings. The van der Waals surface area contributed by atoms with Crippen molar-refractivity contribution in [3.63, 3.8) is 0 Å². The minimum atomic E-state index is 1.37. The van der Waals surface area contributed by atoms with Crippen LogP contribution in [0.2, 0.25) is 0 Å². The fourth-order valence-corrected chi connectivity index (χ4v) is 3.20. The number of rotatable bonds is 16. The monoisotopic (exact) mass is 361 g/mol. The summed E-state index contributed by atoms with van der Waals surface area (Å²) < 4.78 is 0. The van der Waals surface area contributed by atoms with Gasteiger partial charge in [-0.05, 0) is 12.2 Å². The maximum atomic E-state index is 2.92. The smallest absolute Gasteiger partial charge is 0.000442 e. The van der Waals surface area contributed by atoms with Crippen molar-refractivity contribution in [3.05, 3.63) is 36.7 Å². The molecule has 26 heavy (non-hydrogen) atoms. The van der Waals surface area contributed by atoms with Crippen LogP contribution in [0.1, 0.15) is 123 Å². The summed E-state index contributed by atoms with van der Waals surface area (Å²) in [6, 6.07) is 0. The number of allylic oxidation sites excluding steroid dienone is 4. The molecule has 1 aliphatic heterocycles. The topological polar surface area (TPSA) is 12.0 Å². The van der Waals surface area contributed by atoms with Crippen LogP contribution in [0.4, 0.5) is 0 Å². The Morgan fingerprint density at radius 1 is 0.385 bits per heavy atom. The van der Waals surface area contributed by atoms with E-state index in [4.69, 9.17) is 0 Å². The summed E-state index contributed by atoms with van der Waals surface area (Å²) in [5, 5.41) is 2.92. The maximum Gasteiger partial charge on any atom is 0.000442 e. The molecule has 0 atom stereocenters. The van der Waals surface area contributed by atoms with Gasteiger partial charge in [0.15, 0.2) is 0 Å². The van der Waals surface area contributed by atoms with E-state index in [1.54, 1.807) is 0 Å². The number of hydrogen-bond acceptors (Lipinski definition) is 1. The molecule has 0 aromatic carbocycles. The van der Waals surface area contributed by atoms with E-state index in [1.807, 2.05) is 36.7 Å². The van der Waals surface area contributed by atoms with Crippen LogP contribution in [0.15, 0.2) is 36.7 Å². The summed E-state index contributed by atoms with van der Waals surface area (Å²) in [6.45, 7) is 4.59. The highest BCUT2D eigenvalue weighted by Crippen LogP contribution is 2.13. The Morgan fingerprint density at radius 2 is 0.654 bits per heavy atom. The molecule has 0 aliphatic carbocycles. The average molecular weight is 362 g/mol. The lowest BCUT2D eigenvalue weighted by Crippen LogP contribution is -1.87. The van der Waals surface area contributed by atoms with Gasteiger partial charge in [-0.2, -0.15) is 0 Å². The Kier molecular flexibility index (Phi) is 23.1. The number of hydrogen-bond donors (Lipinski definition) is 1. The largest absolute Gasteiger partial charge is 0.368 e. The SMILES string of the molecule is C1=CC=CNC=C1.CCCCCCCCCCCCCCCCCCC. The lowest BCUT2D eigenvalue weighted by atomic mass is 10.0. The second-order valence-corrected chi connectivity index (χ2v) is 7.57. The molecule has 0 amide bonds. The van der Waals surface area contributed by atoms with Crippen molar-refractivity contribution in [1.29, 1.82) is 0 Å². The van der Waals surface area contributed by atoms with E-state index in [0.717, 1.165) is 0 Å². The van der Waals surface area contributed by atoms with Crippen molar-refractivity contribution in [2.75, 3.05) is 0 Å². The molecule has 152 valence electrons. The second kappa shape index (κ2) is 24.0. The van der Waals surface area contributed by atoms with E-state index in [-0.39, 0.29) is 0 Å². The molecule has 0 radical (unpaired) electrons. The van der Waals surface area contributed by atoms with E-state index < -0.39 is 0 Å². The van der Waals surface area contributed by atoms with Crippen molar-refractivity contribution < 1.29 is 0 Å². The first-order valence-electron chi connectivity index (χ1n) is 11.7. The van der Waals surface area contributed by atoms with Crippen LogP contribution < -0.4 is 5.32 Å². The molecule has 1 rings (SSSR count). The van der Waals surface area contributed by atoms with Crippen LogP contribution in [-0.4, -0.2) is 0 Å². The van der Waals surface area contributed by atoms with Crippen LogP contribution in [0.3, 0.4) is 0 Å². The van der Waals surface area contributed by atoms with Crippen molar-refractivity contribution >= 4 is 0 Å². The van der Waals surface area contributed by atoms with Gasteiger partial charge in [0.1, 0.15) is 0 Å². The molecule has 1 heterocycles. The Labute approximate surface area is 165 Å². The van der Waals surface area contributed by atoms with Gasteiger partial charge in [-0.3, -0.25) is 0 Å². The summed E-state index contributed by atoms with van der Waals surface area (Å²) in [5.41, 5.74) is 0. The Bertz CT molecular complexity index is 297. The van der Waals surface area contributed by atoms with E-state index in [9.17, 15) is 0 Å². The van der Waals surface area contributed by atoms with Gasteiger partial charge >= 0.3 is 0 Å². The third kappa shape index (κ3) is 23.0. The third-order valence-electron chi connectivity index (χ3n) is 4.93. The van der Waals surface area contributed by atoms with Crippen LogP contribution in [0, 0.1) is 0 Å². The number of unbranched alkanes of at least 4 members (excludes halogenated alkanes) is 16. The molecule has 0 spiro atoms. The molecule has 1 heteroatoms. The molecule has 0 fully saturated rings. The molecular weight excluding hydrogens is 314 g/mol. The summed E-state index contributed by atoms with van der Waals surface area (Å²) in [4.78, 5) is 0. The Hall–Kier alpha value is -0.980. The first kappa shape index (κ1) is 25.0. The van der Waals surface area contributed by atoms with Gasteiger partial charge in [0, 0.05) is 12.4 Å². The zero-order valence-corrected chi connectivity index (χ0v) is 18.0. The molecule has 0 bridgehead atoms. The first-order valence-corrected chi connectivity index (χ1v) is 11.7. The van der Waals surface area contributed by atoms with Crippen molar-refractivity contribution in [2.24, 2.45) is 0 Å². The predicted octanol–water partition coefficient (Wildman–Crippen LogP) is 8.83. The standard InChI is InChI=1S/C19H40.C6H7N/c1-3-5-7-9-11-13-15-17-19-18-16-14-12-10-8-6-4-2;1-2-4-6-7-5-3-1/h3-19H2,1-2H3;1-7H. The van der Waals surface area contributed by atoms with E-state index in [0.29, 0.717) is 0 Å². The van der Waals surface area contributed by atoms with E-state index >= 15 is 0 Å². The van der Waals surface area contributed by atoms with Gasteiger partial charge in [-0.25, -0.2) is 0 Å². The van der Waals surface area contributed by atoms with Crippen molar-refractivity contribution in [1.82, 2.24) is 5.32 Å². The highest BCUT2D eigenvalue weighted by Gasteiger charge is 1.94. The van der Waals surface area contributed by atoms with Gasteiger partial charge in [-0.15, -0.1) is 0 Å². The van der Waals surface area contributed by atoms with Crippen molar-refractivity contribution in [3.8, 4) is 0 Å². The highest BCUT2D eigenvalue weighted by atomic mass is 14.8. The fraction of sp³-hybridized carbons (Fsp3) is 0.760. The fourth-order valence-electron chi connectivity index (χ4n) is 3.20. The minimum absolute atomic E-state index is 1.37. The minimum Gasteiger partial charge on any atom is -0.368 e. The van der Waals surface area contributed by atoms with Crippen LogP contribution in [-0.2, 0) is 0 Å².